The number of aromatic nitrogens is 4. The first-order valence-electron chi connectivity index (χ1n) is 5.49. The lowest BCUT2D eigenvalue weighted by molar-refractivity contribution is 0.0541. The maximum absolute atomic E-state index is 13.6. The van der Waals surface area contributed by atoms with Crippen molar-refractivity contribution in [1.29, 1.82) is 0 Å². The highest BCUT2D eigenvalue weighted by molar-refractivity contribution is 5.83. The Balaban J connectivity index is 2.13. The van der Waals surface area contributed by atoms with E-state index in [9.17, 15) is 4.39 Å². The summed E-state index contributed by atoms with van der Waals surface area (Å²) in [7, 11) is 3.73. The second-order valence-electron chi connectivity index (χ2n) is 4.22. The Morgan fingerprint density at radius 3 is 2.83 bits per heavy atom. The first kappa shape index (κ1) is 10.9. The number of ether oxygens (including phenoxy) is 1. The van der Waals surface area contributed by atoms with Crippen LogP contribution < -0.4 is 4.90 Å². The lowest BCUT2D eigenvalue weighted by Crippen LogP contribution is -2.16. The fourth-order valence-corrected chi connectivity index (χ4v) is 1.94. The van der Waals surface area contributed by atoms with Gasteiger partial charge in [-0.3, -0.25) is 4.57 Å². The van der Waals surface area contributed by atoms with Gasteiger partial charge in [-0.1, -0.05) is 0 Å². The van der Waals surface area contributed by atoms with Crippen LogP contribution in [0.1, 0.15) is 6.23 Å². The van der Waals surface area contributed by atoms with Crippen LogP contribution in [-0.2, 0) is 4.74 Å². The third-order valence-corrected chi connectivity index (χ3v) is 2.79. The van der Waals surface area contributed by atoms with Gasteiger partial charge in [0.1, 0.15) is 12.7 Å². The summed E-state index contributed by atoms with van der Waals surface area (Å²) in [5.74, 6) is 0.695. The van der Waals surface area contributed by atoms with Gasteiger partial charge in [-0.15, -0.1) is 0 Å². The molecule has 0 aliphatic carbocycles. The fraction of sp³-hybridized carbons (Fsp3) is 0.364. The van der Waals surface area contributed by atoms with Crippen LogP contribution in [0.3, 0.4) is 0 Å². The maximum Gasteiger partial charge on any atom is 0.212 e. The van der Waals surface area contributed by atoms with Crippen LogP contribution >= 0.6 is 0 Å². The van der Waals surface area contributed by atoms with Crippen LogP contribution in [0.5, 0.6) is 0 Å². The maximum atomic E-state index is 13.6. The minimum absolute atomic E-state index is 0.560. The third kappa shape index (κ3) is 1.51. The first-order chi connectivity index (χ1) is 8.68. The fourth-order valence-electron chi connectivity index (χ4n) is 1.94. The van der Waals surface area contributed by atoms with Crippen molar-refractivity contribution in [2.75, 3.05) is 19.0 Å². The highest BCUT2D eigenvalue weighted by Crippen LogP contribution is 2.28. The van der Waals surface area contributed by atoms with Gasteiger partial charge < -0.3 is 9.64 Å². The second-order valence-corrected chi connectivity index (χ2v) is 4.22. The highest BCUT2D eigenvalue weighted by Gasteiger charge is 2.28. The normalized spacial score (nSPS) is 22.4. The van der Waals surface area contributed by atoms with E-state index < -0.39 is 12.4 Å². The van der Waals surface area contributed by atoms with Crippen molar-refractivity contribution >= 4 is 17.0 Å². The predicted molar refractivity (Wildman–Crippen MR) is 63.8 cm³/mol. The third-order valence-electron chi connectivity index (χ3n) is 2.79. The van der Waals surface area contributed by atoms with Gasteiger partial charge in [0.15, 0.2) is 23.2 Å². The molecule has 0 radical (unpaired) electrons. The van der Waals surface area contributed by atoms with Crippen LogP contribution in [0, 0.1) is 0 Å². The molecule has 0 amide bonds. The number of hydrogen-bond donors (Lipinski definition) is 0. The molecule has 6 nitrogen and oxygen atoms in total. The van der Waals surface area contributed by atoms with Crippen molar-refractivity contribution in [3.05, 3.63) is 25.0 Å². The van der Waals surface area contributed by atoms with E-state index in [1.807, 2.05) is 19.0 Å². The van der Waals surface area contributed by atoms with Gasteiger partial charge in [0.2, 0.25) is 6.23 Å². The van der Waals surface area contributed by atoms with E-state index in [1.165, 1.54) is 25.0 Å². The van der Waals surface area contributed by atoms with Crippen molar-refractivity contribution in [2.45, 2.75) is 12.4 Å². The van der Waals surface area contributed by atoms with Crippen LogP contribution in [0.15, 0.2) is 25.0 Å². The van der Waals surface area contributed by atoms with Gasteiger partial charge in [-0.25, -0.2) is 19.3 Å². The number of anilines is 1. The van der Waals surface area contributed by atoms with E-state index >= 15 is 0 Å². The molecule has 0 spiro atoms. The minimum Gasteiger partial charge on any atom is -0.474 e. The van der Waals surface area contributed by atoms with E-state index in [0.29, 0.717) is 17.0 Å². The number of alkyl halides is 1. The molecule has 1 aliphatic rings. The summed E-state index contributed by atoms with van der Waals surface area (Å²) in [6, 6.07) is 0. The Kier molecular flexibility index (Phi) is 2.39. The van der Waals surface area contributed by atoms with Crippen LogP contribution in [0.25, 0.3) is 11.2 Å². The average molecular weight is 249 g/mol. The molecule has 7 heteroatoms. The Morgan fingerprint density at radius 1 is 1.33 bits per heavy atom. The predicted octanol–water partition coefficient (Wildman–Crippen LogP) is 1.27. The van der Waals surface area contributed by atoms with Crippen LogP contribution in [0.2, 0.25) is 0 Å². The topological polar surface area (TPSA) is 56.1 Å². The zero-order valence-corrected chi connectivity index (χ0v) is 9.99. The monoisotopic (exact) mass is 249 g/mol. The smallest absolute Gasteiger partial charge is 0.212 e. The van der Waals surface area contributed by atoms with Crippen LogP contribution in [0.4, 0.5) is 10.2 Å². The summed E-state index contributed by atoms with van der Waals surface area (Å²) in [6.45, 7) is 0. The number of fused-ring (bicyclic) bond motifs is 1. The summed E-state index contributed by atoms with van der Waals surface area (Å²) in [4.78, 5) is 14.4. The lowest BCUT2D eigenvalue weighted by atomic mass is 10.3. The summed E-state index contributed by atoms with van der Waals surface area (Å²) in [5, 5.41) is 0. The molecule has 0 N–H and O–H groups in total. The first-order valence-corrected chi connectivity index (χ1v) is 5.49. The van der Waals surface area contributed by atoms with Crippen LogP contribution in [-0.4, -0.2) is 39.8 Å². The molecular weight excluding hydrogens is 237 g/mol. The molecule has 18 heavy (non-hydrogen) atoms. The Hall–Kier alpha value is -2.18. The number of hydrogen-bond acceptors (Lipinski definition) is 5. The quantitative estimate of drug-likeness (QED) is 0.802. The molecule has 3 rings (SSSR count). The van der Waals surface area contributed by atoms with Crippen molar-refractivity contribution in [1.82, 2.24) is 19.5 Å². The Bertz CT molecular complexity index is 608. The zero-order valence-electron chi connectivity index (χ0n) is 9.99. The van der Waals surface area contributed by atoms with Crippen molar-refractivity contribution in [3.63, 3.8) is 0 Å². The molecule has 0 fully saturated rings. The van der Waals surface area contributed by atoms with Crippen molar-refractivity contribution in [3.8, 4) is 0 Å². The standard InChI is InChI=1S/C11H12FN5O/c1-16(2)9-8-10(14-5-13-9)17(6-15-8)11-7(12)3-4-18-11/h3-7,11H,1-2H3/t7-,11+/m0/s1. The molecule has 2 aromatic rings. The van der Waals surface area contributed by atoms with E-state index in [1.54, 1.807) is 4.57 Å². The summed E-state index contributed by atoms with van der Waals surface area (Å²) in [5.41, 5.74) is 1.19. The number of halogens is 1. The highest BCUT2D eigenvalue weighted by atomic mass is 19.1. The molecule has 2 aromatic heterocycles. The second kappa shape index (κ2) is 3.94. The molecule has 2 atom stereocenters. The van der Waals surface area contributed by atoms with Gasteiger partial charge in [0.05, 0.1) is 6.26 Å². The van der Waals surface area contributed by atoms with E-state index in [4.69, 9.17) is 4.74 Å². The minimum atomic E-state index is -1.19. The molecule has 94 valence electrons. The number of nitrogens with zero attached hydrogens (tertiary/aromatic N) is 5. The van der Waals surface area contributed by atoms with E-state index in [-0.39, 0.29) is 0 Å². The molecule has 0 saturated heterocycles. The van der Waals surface area contributed by atoms with Crippen molar-refractivity contribution < 1.29 is 9.13 Å². The summed E-state index contributed by atoms with van der Waals surface area (Å²) >= 11 is 0. The largest absolute Gasteiger partial charge is 0.474 e. The summed E-state index contributed by atoms with van der Waals surface area (Å²) < 4.78 is 20.4. The number of rotatable bonds is 2. The van der Waals surface area contributed by atoms with Gasteiger partial charge in [0.25, 0.3) is 0 Å². The lowest BCUT2D eigenvalue weighted by Gasteiger charge is -2.15. The molecule has 3 heterocycles. The van der Waals surface area contributed by atoms with Crippen molar-refractivity contribution in [2.24, 2.45) is 0 Å². The molecule has 0 unspecified atom stereocenters. The molecule has 0 saturated carbocycles. The Morgan fingerprint density at radius 2 is 2.17 bits per heavy atom. The van der Waals surface area contributed by atoms with Gasteiger partial charge in [0, 0.05) is 14.1 Å². The average Bonchev–Trinajstić information content (AvgIpc) is 2.93. The summed E-state index contributed by atoms with van der Waals surface area (Å²) in [6.07, 6.45) is 3.75. The molecule has 0 aromatic carbocycles. The molecular formula is C11H12FN5O. The molecule has 1 aliphatic heterocycles. The van der Waals surface area contributed by atoms with Gasteiger partial charge in [-0.2, -0.15) is 0 Å². The number of imidazole rings is 1. The van der Waals surface area contributed by atoms with E-state index in [0.717, 1.165) is 0 Å². The molecule has 0 bridgehead atoms. The SMILES string of the molecule is CN(C)c1ncnc2c1ncn2[C@@H]1OC=C[C@@H]1F. The zero-order chi connectivity index (χ0) is 12.7. The van der Waals surface area contributed by atoms with Gasteiger partial charge >= 0.3 is 0 Å². The van der Waals surface area contributed by atoms with E-state index in [2.05, 4.69) is 15.0 Å². The Labute approximate surface area is 103 Å². The van der Waals surface area contributed by atoms with Gasteiger partial charge in [-0.05, 0) is 6.08 Å².